The number of halogens is 1. The van der Waals surface area contributed by atoms with Crippen molar-refractivity contribution in [3.05, 3.63) is 117 Å². The fourth-order valence-electron chi connectivity index (χ4n) is 3.94. The van der Waals surface area contributed by atoms with Crippen LogP contribution in [-0.2, 0) is 4.79 Å². The quantitative estimate of drug-likeness (QED) is 0.389. The molecule has 34 heavy (non-hydrogen) atoms. The lowest BCUT2D eigenvalue weighted by Crippen LogP contribution is -2.40. The first kappa shape index (κ1) is 22.7. The van der Waals surface area contributed by atoms with Gasteiger partial charge in [-0.3, -0.25) is 14.2 Å². The van der Waals surface area contributed by atoms with Crippen LogP contribution in [0.5, 0.6) is 0 Å². The number of anilines is 1. The number of aromatic nitrogens is 1. The molecule has 2 aromatic heterocycles. The van der Waals surface area contributed by atoms with Gasteiger partial charge in [0.2, 0.25) is 0 Å². The van der Waals surface area contributed by atoms with Gasteiger partial charge in [-0.1, -0.05) is 63.7 Å². The summed E-state index contributed by atoms with van der Waals surface area (Å²) in [5.41, 5.74) is 3.57. The van der Waals surface area contributed by atoms with Crippen LogP contribution in [0.3, 0.4) is 0 Å². The van der Waals surface area contributed by atoms with Gasteiger partial charge in [-0.05, 0) is 60.7 Å². The molecule has 1 amide bonds. The Morgan fingerprint density at radius 2 is 1.85 bits per heavy atom. The summed E-state index contributed by atoms with van der Waals surface area (Å²) in [5, 5.41) is 4.99. The standard InChI is InChI=1S/C26H20BrN3O2S2/c1-15-6-3-4-7-19(15)29-24(31)22-16(2)28-26-30(23(22)20-8-5-13-33-20)25(32)21(34-26)14-17-9-11-18(27)12-10-17/h3-14,23H,1-2H3,(H,29,31)/b21-14+. The first-order chi connectivity index (χ1) is 16.4. The van der Waals surface area contributed by atoms with Crippen molar-refractivity contribution < 1.29 is 4.79 Å². The molecule has 2 aromatic carbocycles. The van der Waals surface area contributed by atoms with E-state index in [1.54, 1.807) is 4.57 Å². The Morgan fingerprint density at radius 1 is 1.09 bits per heavy atom. The highest BCUT2D eigenvalue weighted by Gasteiger charge is 2.33. The largest absolute Gasteiger partial charge is 0.322 e. The minimum Gasteiger partial charge on any atom is -0.322 e. The van der Waals surface area contributed by atoms with E-state index in [1.807, 2.05) is 86.0 Å². The van der Waals surface area contributed by atoms with Gasteiger partial charge < -0.3 is 5.32 Å². The van der Waals surface area contributed by atoms with Crippen LogP contribution in [0, 0.1) is 6.92 Å². The summed E-state index contributed by atoms with van der Waals surface area (Å²) in [5.74, 6) is -0.254. The Labute approximate surface area is 212 Å². The van der Waals surface area contributed by atoms with E-state index in [0.717, 1.165) is 26.2 Å². The van der Waals surface area contributed by atoms with Crippen LogP contribution in [0.2, 0.25) is 0 Å². The third-order valence-corrected chi connectivity index (χ3v) is 8.08. The number of hydrogen-bond donors (Lipinski definition) is 1. The Hall–Kier alpha value is -3.07. The zero-order chi connectivity index (χ0) is 23.8. The molecule has 1 aliphatic rings. The number of thiophene rings is 1. The second-order valence-corrected chi connectivity index (χ2v) is 10.8. The fraction of sp³-hybridized carbons (Fsp3) is 0.115. The molecule has 3 heterocycles. The van der Waals surface area contributed by atoms with E-state index in [0.29, 0.717) is 20.6 Å². The van der Waals surface area contributed by atoms with Crippen LogP contribution >= 0.6 is 38.6 Å². The summed E-state index contributed by atoms with van der Waals surface area (Å²) >= 11 is 6.31. The molecule has 0 bridgehead atoms. The maximum absolute atomic E-state index is 13.6. The topological polar surface area (TPSA) is 63.5 Å². The Balaban J connectivity index is 1.64. The smallest absolute Gasteiger partial charge is 0.271 e. The molecule has 0 fully saturated rings. The van der Waals surface area contributed by atoms with Crippen molar-refractivity contribution in [1.82, 2.24) is 4.57 Å². The lowest BCUT2D eigenvalue weighted by molar-refractivity contribution is -0.113. The van der Waals surface area contributed by atoms with E-state index in [9.17, 15) is 9.59 Å². The molecular weight excluding hydrogens is 530 g/mol. The number of rotatable bonds is 4. The van der Waals surface area contributed by atoms with Gasteiger partial charge in [-0.2, -0.15) is 0 Å². The van der Waals surface area contributed by atoms with E-state index in [-0.39, 0.29) is 11.5 Å². The maximum atomic E-state index is 13.6. The normalized spacial score (nSPS) is 15.7. The van der Waals surface area contributed by atoms with Gasteiger partial charge in [0.05, 0.1) is 15.8 Å². The monoisotopic (exact) mass is 549 g/mol. The number of carbonyl (C=O) groups is 1. The summed E-state index contributed by atoms with van der Waals surface area (Å²) in [6, 6.07) is 18.8. The Morgan fingerprint density at radius 3 is 2.56 bits per heavy atom. The number of hydrogen-bond acceptors (Lipinski definition) is 5. The van der Waals surface area contributed by atoms with E-state index in [4.69, 9.17) is 0 Å². The molecule has 0 saturated carbocycles. The molecule has 1 unspecified atom stereocenters. The van der Waals surface area contributed by atoms with E-state index in [1.165, 1.54) is 22.7 Å². The zero-order valence-corrected chi connectivity index (χ0v) is 21.6. The van der Waals surface area contributed by atoms with Gasteiger partial charge in [-0.25, -0.2) is 4.99 Å². The molecule has 0 saturated heterocycles. The SMILES string of the molecule is CC1=C(C(=O)Nc2ccccc2C)C(c2cccs2)n2c(s/c(=C/c3ccc(Br)cc3)c2=O)=N1. The van der Waals surface area contributed by atoms with Crippen molar-refractivity contribution in [2.45, 2.75) is 19.9 Å². The summed E-state index contributed by atoms with van der Waals surface area (Å²) in [6.45, 7) is 3.78. The number of thiazole rings is 1. The number of benzene rings is 2. The van der Waals surface area contributed by atoms with Crippen LogP contribution in [0.25, 0.3) is 6.08 Å². The molecular formula is C26H20BrN3O2S2. The van der Waals surface area contributed by atoms with Gasteiger partial charge in [0.1, 0.15) is 6.04 Å². The van der Waals surface area contributed by atoms with Crippen molar-refractivity contribution in [3.63, 3.8) is 0 Å². The molecule has 170 valence electrons. The van der Waals surface area contributed by atoms with E-state index < -0.39 is 6.04 Å². The Bertz CT molecular complexity index is 1600. The summed E-state index contributed by atoms with van der Waals surface area (Å²) < 4.78 is 3.21. The second kappa shape index (κ2) is 9.29. The number of amides is 1. The van der Waals surface area contributed by atoms with Crippen LogP contribution in [-0.4, -0.2) is 10.5 Å². The highest BCUT2D eigenvalue weighted by molar-refractivity contribution is 9.10. The third-order valence-electron chi connectivity index (χ3n) is 5.64. The van der Waals surface area contributed by atoms with Gasteiger partial charge in [-0.15, -0.1) is 11.3 Å². The molecule has 1 atom stereocenters. The molecule has 5 nitrogen and oxygen atoms in total. The van der Waals surface area contributed by atoms with Crippen molar-refractivity contribution in [1.29, 1.82) is 0 Å². The lowest BCUT2D eigenvalue weighted by atomic mass is 10.0. The van der Waals surface area contributed by atoms with E-state index in [2.05, 4.69) is 26.2 Å². The predicted octanol–water partition coefficient (Wildman–Crippen LogP) is 5.01. The number of allylic oxidation sites excluding steroid dienone is 1. The van der Waals surface area contributed by atoms with Crippen LogP contribution < -0.4 is 20.2 Å². The zero-order valence-electron chi connectivity index (χ0n) is 18.4. The average Bonchev–Trinajstić information content (AvgIpc) is 3.45. The molecule has 1 aliphatic heterocycles. The molecule has 8 heteroatoms. The van der Waals surface area contributed by atoms with Crippen molar-refractivity contribution in [2.75, 3.05) is 5.32 Å². The third kappa shape index (κ3) is 4.24. The Kier molecular flexibility index (Phi) is 6.20. The molecule has 0 aliphatic carbocycles. The summed E-state index contributed by atoms with van der Waals surface area (Å²) in [7, 11) is 0. The molecule has 0 radical (unpaired) electrons. The minimum absolute atomic E-state index is 0.154. The number of fused-ring (bicyclic) bond motifs is 1. The summed E-state index contributed by atoms with van der Waals surface area (Å²) in [4.78, 5) is 33.3. The maximum Gasteiger partial charge on any atom is 0.271 e. The molecule has 0 spiro atoms. The number of carbonyl (C=O) groups excluding carboxylic acids is 1. The van der Waals surface area contributed by atoms with Gasteiger partial charge >= 0.3 is 0 Å². The highest BCUT2D eigenvalue weighted by atomic mass is 79.9. The van der Waals surface area contributed by atoms with Gasteiger partial charge in [0.25, 0.3) is 11.5 Å². The number of nitrogens with one attached hydrogen (secondary N) is 1. The van der Waals surface area contributed by atoms with Crippen LogP contribution in [0.15, 0.2) is 91.6 Å². The molecule has 1 N–H and O–H groups in total. The predicted molar refractivity (Wildman–Crippen MR) is 142 cm³/mol. The van der Waals surface area contributed by atoms with E-state index >= 15 is 0 Å². The second-order valence-electron chi connectivity index (χ2n) is 7.92. The number of nitrogens with zero attached hydrogens (tertiary/aromatic N) is 2. The van der Waals surface area contributed by atoms with Crippen LogP contribution in [0.1, 0.15) is 29.0 Å². The number of para-hydroxylation sites is 1. The summed E-state index contributed by atoms with van der Waals surface area (Å²) in [6.07, 6.45) is 1.87. The number of aryl methyl sites for hydroxylation is 1. The molecule has 5 rings (SSSR count). The lowest BCUT2D eigenvalue weighted by Gasteiger charge is -2.24. The van der Waals surface area contributed by atoms with Crippen molar-refractivity contribution >= 4 is 56.3 Å². The van der Waals surface area contributed by atoms with Crippen LogP contribution in [0.4, 0.5) is 5.69 Å². The van der Waals surface area contributed by atoms with Gasteiger partial charge in [0.15, 0.2) is 4.80 Å². The highest BCUT2D eigenvalue weighted by Crippen LogP contribution is 2.33. The molecule has 4 aromatic rings. The minimum atomic E-state index is -0.535. The van der Waals surface area contributed by atoms with Gasteiger partial charge in [0, 0.05) is 15.0 Å². The fourth-order valence-corrected chi connectivity index (χ4v) is 6.08. The van der Waals surface area contributed by atoms with Crippen molar-refractivity contribution in [2.24, 2.45) is 4.99 Å². The first-order valence-electron chi connectivity index (χ1n) is 10.6. The van der Waals surface area contributed by atoms with Crippen molar-refractivity contribution in [3.8, 4) is 0 Å². The first-order valence-corrected chi connectivity index (χ1v) is 13.1. The average molecular weight is 551 g/mol.